The van der Waals surface area contributed by atoms with Gasteiger partial charge in [0.15, 0.2) is 5.65 Å². The van der Waals surface area contributed by atoms with Crippen molar-refractivity contribution in [2.24, 2.45) is 0 Å². The summed E-state index contributed by atoms with van der Waals surface area (Å²) in [6.45, 7) is 0. The van der Waals surface area contributed by atoms with Crippen LogP contribution in [0.15, 0.2) is 30.6 Å². The Bertz CT molecular complexity index is 827. The van der Waals surface area contributed by atoms with Gasteiger partial charge in [-0.25, -0.2) is 14.5 Å². The first-order valence-electron chi connectivity index (χ1n) is 5.69. The van der Waals surface area contributed by atoms with Crippen LogP contribution in [0.1, 0.15) is 5.56 Å². The summed E-state index contributed by atoms with van der Waals surface area (Å²) >= 11 is 5.79. The molecule has 0 aliphatic carbocycles. The normalized spacial score (nSPS) is 12.0. The maximum atomic E-state index is 12.9. The number of anilines is 1. The summed E-state index contributed by atoms with van der Waals surface area (Å²) in [6, 6.07) is 4.05. The maximum Gasteiger partial charge on any atom is 0.419 e. The molecule has 0 saturated heterocycles. The highest BCUT2D eigenvalue weighted by Gasteiger charge is 2.34. The van der Waals surface area contributed by atoms with Crippen molar-refractivity contribution in [1.82, 2.24) is 19.6 Å². The number of fused-ring (bicyclic) bond motifs is 1. The second-order valence-electron chi connectivity index (χ2n) is 4.22. The van der Waals surface area contributed by atoms with Crippen molar-refractivity contribution in [1.29, 1.82) is 0 Å². The number of aromatic nitrogens is 4. The summed E-state index contributed by atoms with van der Waals surface area (Å²) in [7, 11) is 0. The minimum absolute atomic E-state index is 0.193. The van der Waals surface area contributed by atoms with Crippen LogP contribution >= 0.6 is 11.6 Å². The molecule has 0 saturated carbocycles. The monoisotopic (exact) mass is 313 g/mol. The first kappa shape index (κ1) is 13.6. The van der Waals surface area contributed by atoms with E-state index in [1.807, 2.05) is 0 Å². The van der Waals surface area contributed by atoms with Crippen LogP contribution in [-0.2, 0) is 6.18 Å². The molecule has 9 heteroatoms. The number of halogens is 4. The lowest BCUT2D eigenvalue weighted by Crippen LogP contribution is -2.10. The van der Waals surface area contributed by atoms with Crippen LogP contribution in [0.3, 0.4) is 0 Å². The molecule has 3 aromatic heterocycles. The number of nitrogen functional groups attached to an aromatic ring is 1. The second-order valence-corrected chi connectivity index (χ2v) is 4.61. The predicted octanol–water partition coefficient (Wildman–Crippen LogP) is 3.05. The SMILES string of the molecule is Nc1ncc(-c2cnc3ccc(Cl)nn23)cc1C(F)(F)F. The van der Waals surface area contributed by atoms with Gasteiger partial charge in [-0.2, -0.15) is 18.3 Å². The van der Waals surface area contributed by atoms with Crippen LogP contribution in [0.25, 0.3) is 16.9 Å². The zero-order valence-electron chi connectivity index (χ0n) is 10.3. The van der Waals surface area contributed by atoms with E-state index in [-0.39, 0.29) is 10.7 Å². The number of nitrogens with two attached hydrogens (primary N) is 1. The van der Waals surface area contributed by atoms with Gasteiger partial charge in [-0.05, 0) is 18.2 Å². The van der Waals surface area contributed by atoms with Crippen LogP contribution in [0.4, 0.5) is 19.0 Å². The molecule has 0 aliphatic rings. The van der Waals surface area contributed by atoms with Crippen molar-refractivity contribution >= 4 is 23.1 Å². The molecule has 3 heterocycles. The number of alkyl halides is 3. The summed E-state index contributed by atoms with van der Waals surface area (Å²) in [5, 5.41) is 4.20. The Kier molecular flexibility index (Phi) is 2.98. The van der Waals surface area contributed by atoms with E-state index in [2.05, 4.69) is 15.1 Å². The fourth-order valence-electron chi connectivity index (χ4n) is 1.89. The van der Waals surface area contributed by atoms with Crippen LogP contribution in [0, 0.1) is 0 Å². The first-order valence-corrected chi connectivity index (χ1v) is 6.07. The smallest absolute Gasteiger partial charge is 0.383 e. The van der Waals surface area contributed by atoms with E-state index in [0.29, 0.717) is 11.3 Å². The van der Waals surface area contributed by atoms with Crippen LogP contribution in [0.5, 0.6) is 0 Å². The van der Waals surface area contributed by atoms with Crippen molar-refractivity contribution in [2.45, 2.75) is 6.18 Å². The summed E-state index contributed by atoms with van der Waals surface area (Å²) < 4.78 is 40.0. The zero-order chi connectivity index (χ0) is 15.2. The van der Waals surface area contributed by atoms with Gasteiger partial charge in [-0.3, -0.25) is 0 Å². The topological polar surface area (TPSA) is 69.1 Å². The van der Waals surface area contributed by atoms with Crippen LogP contribution < -0.4 is 5.73 Å². The molecule has 0 aromatic carbocycles. The number of rotatable bonds is 1. The molecule has 0 radical (unpaired) electrons. The lowest BCUT2D eigenvalue weighted by Gasteiger charge is -2.10. The fraction of sp³-hybridized carbons (Fsp3) is 0.0833. The van der Waals surface area contributed by atoms with Crippen LogP contribution in [0.2, 0.25) is 5.15 Å². The molecule has 0 atom stereocenters. The lowest BCUT2D eigenvalue weighted by molar-refractivity contribution is -0.137. The average Bonchev–Trinajstić information content (AvgIpc) is 2.81. The highest BCUT2D eigenvalue weighted by atomic mass is 35.5. The Morgan fingerprint density at radius 3 is 2.62 bits per heavy atom. The van der Waals surface area contributed by atoms with Gasteiger partial charge in [0.2, 0.25) is 0 Å². The molecule has 0 aliphatic heterocycles. The minimum Gasteiger partial charge on any atom is -0.383 e. The second kappa shape index (κ2) is 4.59. The van der Waals surface area contributed by atoms with Gasteiger partial charge >= 0.3 is 6.18 Å². The van der Waals surface area contributed by atoms with Gasteiger partial charge in [-0.1, -0.05) is 11.6 Å². The van der Waals surface area contributed by atoms with Crippen molar-refractivity contribution in [3.8, 4) is 11.3 Å². The lowest BCUT2D eigenvalue weighted by atomic mass is 10.1. The molecule has 0 fully saturated rings. The Morgan fingerprint density at radius 1 is 1.14 bits per heavy atom. The molecule has 0 unspecified atom stereocenters. The molecule has 3 rings (SSSR count). The minimum atomic E-state index is -4.58. The quantitative estimate of drug-likeness (QED) is 0.749. The largest absolute Gasteiger partial charge is 0.419 e. The van der Waals surface area contributed by atoms with E-state index in [4.69, 9.17) is 17.3 Å². The molecular formula is C12H7ClF3N5. The summed E-state index contributed by atoms with van der Waals surface area (Å²) in [5.74, 6) is -0.578. The molecule has 108 valence electrons. The number of nitrogens with zero attached hydrogens (tertiary/aromatic N) is 4. The van der Waals surface area contributed by atoms with Gasteiger partial charge in [0, 0.05) is 11.8 Å². The predicted molar refractivity (Wildman–Crippen MR) is 70.6 cm³/mol. The van der Waals surface area contributed by atoms with Crippen molar-refractivity contribution in [2.75, 3.05) is 5.73 Å². The molecule has 0 bridgehead atoms. The Hall–Kier alpha value is -2.35. The van der Waals surface area contributed by atoms with E-state index in [9.17, 15) is 13.2 Å². The summed E-state index contributed by atoms with van der Waals surface area (Å²) in [4.78, 5) is 7.64. The fourth-order valence-corrected chi connectivity index (χ4v) is 2.03. The van der Waals surface area contributed by atoms with E-state index in [0.717, 1.165) is 6.07 Å². The van der Waals surface area contributed by atoms with E-state index in [1.165, 1.54) is 23.0 Å². The third kappa shape index (κ3) is 2.38. The van der Waals surface area contributed by atoms with E-state index >= 15 is 0 Å². The van der Waals surface area contributed by atoms with Gasteiger partial charge in [0.05, 0.1) is 17.5 Å². The Morgan fingerprint density at radius 2 is 1.90 bits per heavy atom. The molecular weight excluding hydrogens is 307 g/mol. The summed E-state index contributed by atoms with van der Waals surface area (Å²) in [6.07, 6.45) is -1.96. The highest BCUT2D eigenvalue weighted by Crippen LogP contribution is 2.35. The maximum absolute atomic E-state index is 12.9. The molecule has 21 heavy (non-hydrogen) atoms. The number of hydrogen-bond acceptors (Lipinski definition) is 4. The molecule has 5 nitrogen and oxygen atoms in total. The van der Waals surface area contributed by atoms with Gasteiger partial charge < -0.3 is 5.73 Å². The molecule has 0 amide bonds. The van der Waals surface area contributed by atoms with E-state index < -0.39 is 17.6 Å². The van der Waals surface area contributed by atoms with Crippen molar-refractivity contribution in [3.05, 3.63) is 41.3 Å². The third-order valence-corrected chi connectivity index (χ3v) is 3.05. The molecule has 3 aromatic rings. The van der Waals surface area contributed by atoms with Gasteiger partial charge in [0.25, 0.3) is 0 Å². The van der Waals surface area contributed by atoms with Crippen molar-refractivity contribution in [3.63, 3.8) is 0 Å². The highest BCUT2D eigenvalue weighted by molar-refractivity contribution is 6.29. The number of hydrogen-bond donors (Lipinski definition) is 1. The van der Waals surface area contributed by atoms with Crippen LogP contribution in [-0.4, -0.2) is 19.6 Å². The zero-order valence-corrected chi connectivity index (χ0v) is 11.0. The third-order valence-electron chi connectivity index (χ3n) is 2.85. The standard InChI is InChI=1S/C12H7ClF3N5/c13-9-1-2-10-18-5-8(21(10)20-9)6-3-7(12(14,15)16)11(17)19-4-6/h1-5H,(H2,17,19). The molecule has 2 N–H and O–H groups in total. The Labute approximate surface area is 121 Å². The number of pyridine rings is 1. The van der Waals surface area contributed by atoms with Gasteiger partial charge in [0.1, 0.15) is 11.0 Å². The van der Waals surface area contributed by atoms with E-state index in [1.54, 1.807) is 6.07 Å². The van der Waals surface area contributed by atoms with Gasteiger partial charge in [-0.15, -0.1) is 0 Å². The number of imidazole rings is 1. The Balaban J connectivity index is 2.21. The summed E-state index contributed by atoms with van der Waals surface area (Å²) in [5.41, 5.74) is 5.26. The first-order chi connectivity index (χ1) is 9.86. The molecule has 0 spiro atoms. The average molecular weight is 314 g/mol. The van der Waals surface area contributed by atoms with Crippen molar-refractivity contribution < 1.29 is 13.2 Å².